The second-order valence-corrected chi connectivity index (χ2v) is 4.39. The monoisotopic (exact) mass is 278 g/mol. The van der Waals surface area contributed by atoms with E-state index in [4.69, 9.17) is 24.1 Å². The lowest BCUT2D eigenvalue weighted by Gasteiger charge is -2.21. The molecule has 2 heterocycles. The smallest absolute Gasteiger partial charge is 0.310 e. The molecule has 0 spiro atoms. The normalized spacial score (nSPS) is 39.1. The standard InChI is InChI=1S/C11H18O8/c1-2-16-6(14)3-7-17-10-8(15)9(5(13)4-12)19-11(10)18-7/h5,7-13,15H,2-4H2,1H3. The summed E-state index contributed by atoms with van der Waals surface area (Å²) in [6.07, 6.45) is -5.88. The molecule has 6 unspecified atom stereocenters. The van der Waals surface area contributed by atoms with E-state index in [2.05, 4.69) is 0 Å². The van der Waals surface area contributed by atoms with E-state index in [-0.39, 0.29) is 13.0 Å². The summed E-state index contributed by atoms with van der Waals surface area (Å²) in [4.78, 5) is 11.3. The van der Waals surface area contributed by atoms with Crippen molar-refractivity contribution in [3.8, 4) is 0 Å². The van der Waals surface area contributed by atoms with E-state index in [1.54, 1.807) is 6.92 Å². The number of ether oxygens (including phenoxy) is 4. The summed E-state index contributed by atoms with van der Waals surface area (Å²) < 4.78 is 20.7. The van der Waals surface area contributed by atoms with Gasteiger partial charge in [-0.25, -0.2) is 0 Å². The molecule has 2 aliphatic rings. The van der Waals surface area contributed by atoms with Gasteiger partial charge in [-0.15, -0.1) is 0 Å². The Morgan fingerprint density at radius 1 is 1.37 bits per heavy atom. The zero-order valence-corrected chi connectivity index (χ0v) is 10.5. The predicted octanol–water partition coefficient (Wildman–Crippen LogP) is -1.88. The first kappa shape index (κ1) is 14.6. The highest BCUT2D eigenvalue weighted by atomic mass is 16.8. The molecule has 0 saturated carbocycles. The Morgan fingerprint density at radius 3 is 2.68 bits per heavy atom. The van der Waals surface area contributed by atoms with Crippen molar-refractivity contribution in [3.63, 3.8) is 0 Å². The molecule has 0 aliphatic carbocycles. The van der Waals surface area contributed by atoms with Gasteiger partial charge in [0.2, 0.25) is 0 Å². The fourth-order valence-corrected chi connectivity index (χ4v) is 2.15. The molecule has 0 bridgehead atoms. The third-order valence-corrected chi connectivity index (χ3v) is 3.03. The molecule has 0 amide bonds. The molecular weight excluding hydrogens is 260 g/mol. The lowest BCUT2D eigenvalue weighted by Crippen LogP contribution is -2.41. The lowest BCUT2D eigenvalue weighted by atomic mass is 10.1. The van der Waals surface area contributed by atoms with Gasteiger partial charge >= 0.3 is 5.97 Å². The van der Waals surface area contributed by atoms with Gasteiger partial charge in [0.25, 0.3) is 0 Å². The first-order valence-electron chi connectivity index (χ1n) is 6.15. The number of esters is 1. The third kappa shape index (κ3) is 3.04. The van der Waals surface area contributed by atoms with E-state index < -0.39 is 49.6 Å². The van der Waals surface area contributed by atoms with Crippen molar-refractivity contribution in [2.75, 3.05) is 13.2 Å². The summed E-state index contributed by atoms with van der Waals surface area (Å²) in [6.45, 7) is 1.42. The average molecular weight is 278 g/mol. The Bertz CT molecular complexity index is 322. The van der Waals surface area contributed by atoms with Crippen LogP contribution in [0.2, 0.25) is 0 Å². The van der Waals surface area contributed by atoms with Gasteiger partial charge in [-0.3, -0.25) is 4.79 Å². The Hall–Kier alpha value is -0.770. The SMILES string of the molecule is CCOC(=O)CC1OC2OC(C(O)CO)C(O)C2O1. The van der Waals surface area contributed by atoms with Crippen molar-refractivity contribution >= 4 is 5.97 Å². The molecule has 0 radical (unpaired) electrons. The van der Waals surface area contributed by atoms with Crippen LogP contribution in [0.25, 0.3) is 0 Å². The third-order valence-electron chi connectivity index (χ3n) is 3.03. The molecule has 8 nitrogen and oxygen atoms in total. The molecule has 0 aromatic heterocycles. The molecule has 2 aliphatic heterocycles. The topological polar surface area (TPSA) is 115 Å². The Labute approximate surface area is 109 Å². The van der Waals surface area contributed by atoms with E-state index in [1.807, 2.05) is 0 Å². The highest BCUT2D eigenvalue weighted by Gasteiger charge is 2.53. The van der Waals surface area contributed by atoms with Gasteiger partial charge in [0, 0.05) is 0 Å². The highest BCUT2D eigenvalue weighted by Crippen LogP contribution is 2.34. The Morgan fingerprint density at radius 2 is 2.11 bits per heavy atom. The Balaban J connectivity index is 1.86. The van der Waals surface area contributed by atoms with Crippen molar-refractivity contribution in [2.24, 2.45) is 0 Å². The second kappa shape index (κ2) is 6.12. The molecule has 2 fully saturated rings. The maximum atomic E-state index is 11.3. The zero-order chi connectivity index (χ0) is 14.0. The largest absolute Gasteiger partial charge is 0.466 e. The van der Waals surface area contributed by atoms with Gasteiger partial charge in [-0.05, 0) is 6.92 Å². The first-order chi connectivity index (χ1) is 9.06. The minimum Gasteiger partial charge on any atom is -0.466 e. The molecule has 2 rings (SSSR count). The minimum absolute atomic E-state index is 0.0931. The van der Waals surface area contributed by atoms with Gasteiger partial charge in [0.15, 0.2) is 12.6 Å². The summed E-state index contributed by atoms with van der Waals surface area (Å²) in [5.74, 6) is -0.464. The average Bonchev–Trinajstić information content (AvgIpc) is 2.88. The zero-order valence-electron chi connectivity index (χ0n) is 10.5. The van der Waals surface area contributed by atoms with Gasteiger partial charge in [-0.2, -0.15) is 0 Å². The van der Waals surface area contributed by atoms with Crippen LogP contribution >= 0.6 is 0 Å². The fourth-order valence-electron chi connectivity index (χ4n) is 2.15. The van der Waals surface area contributed by atoms with E-state index in [0.29, 0.717) is 0 Å². The molecule has 3 N–H and O–H groups in total. The van der Waals surface area contributed by atoms with Gasteiger partial charge in [0.05, 0.1) is 19.6 Å². The second-order valence-electron chi connectivity index (χ2n) is 4.39. The van der Waals surface area contributed by atoms with E-state index in [1.165, 1.54) is 0 Å². The molecule has 0 aromatic rings. The van der Waals surface area contributed by atoms with Gasteiger partial charge < -0.3 is 34.3 Å². The van der Waals surface area contributed by atoms with Crippen LogP contribution in [0.5, 0.6) is 0 Å². The quantitative estimate of drug-likeness (QED) is 0.501. The summed E-state index contributed by atoms with van der Waals surface area (Å²) in [5, 5.41) is 28.2. The summed E-state index contributed by atoms with van der Waals surface area (Å²) in [7, 11) is 0. The van der Waals surface area contributed by atoms with Crippen molar-refractivity contribution in [3.05, 3.63) is 0 Å². The van der Waals surface area contributed by atoms with E-state index in [0.717, 1.165) is 0 Å². The van der Waals surface area contributed by atoms with Crippen LogP contribution in [0.1, 0.15) is 13.3 Å². The van der Waals surface area contributed by atoms with Crippen molar-refractivity contribution in [1.29, 1.82) is 0 Å². The number of aliphatic hydroxyl groups excluding tert-OH is 3. The van der Waals surface area contributed by atoms with Gasteiger partial charge in [0.1, 0.15) is 24.4 Å². The van der Waals surface area contributed by atoms with Crippen LogP contribution in [0.4, 0.5) is 0 Å². The first-order valence-corrected chi connectivity index (χ1v) is 6.15. The van der Waals surface area contributed by atoms with Crippen molar-refractivity contribution < 1.29 is 39.1 Å². The molecule has 8 heteroatoms. The summed E-state index contributed by atoms with van der Waals surface area (Å²) in [6, 6.07) is 0. The number of hydrogen-bond donors (Lipinski definition) is 3. The summed E-state index contributed by atoms with van der Waals surface area (Å²) in [5.41, 5.74) is 0. The van der Waals surface area contributed by atoms with Gasteiger partial charge in [-0.1, -0.05) is 0 Å². The predicted molar refractivity (Wildman–Crippen MR) is 58.8 cm³/mol. The number of rotatable bonds is 5. The number of fused-ring (bicyclic) bond motifs is 1. The molecular formula is C11H18O8. The summed E-state index contributed by atoms with van der Waals surface area (Å²) >= 11 is 0. The van der Waals surface area contributed by atoms with Crippen LogP contribution < -0.4 is 0 Å². The van der Waals surface area contributed by atoms with Crippen LogP contribution in [0.15, 0.2) is 0 Å². The lowest BCUT2D eigenvalue weighted by molar-refractivity contribution is -0.195. The number of carbonyl (C=O) groups is 1. The molecule has 110 valence electrons. The van der Waals surface area contributed by atoms with Crippen molar-refractivity contribution in [1.82, 2.24) is 0 Å². The van der Waals surface area contributed by atoms with Crippen LogP contribution in [0, 0.1) is 0 Å². The van der Waals surface area contributed by atoms with Crippen LogP contribution in [0.3, 0.4) is 0 Å². The van der Waals surface area contributed by atoms with Crippen LogP contribution in [-0.2, 0) is 23.7 Å². The number of carbonyl (C=O) groups excluding carboxylic acids is 1. The molecule has 2 saturated heterocycles. The van der Waals surface area contributed by atoms with E-state index >= 15 is 0 Å². The maximum Gasteiger partial charge on any atom is 0.310 e. The Kier molecular flexibility index (Phi) is 4.71. The van der Waals surface area contributed by atoms with E-state index in [9.17, 15) is 15.0 Å². The maximum absolute atomic E-state index is 11.3. The fraction of sp³-hybridized carbons (Fsp3) is 0.909. The minimum atomic E-state index is -1.21. The molecule has 6 atom stereocenters. The van der Waals surface area contributed by atoms with Crippen LogP contribution in [-0.4, -0.2) is 71.5 Å². The number of hydrogen-bond acceptors (Lipinski definition) is 8. The highest BCUT2D eigenvalue weighted by molar-refractivity contribution is 5.69. The molecule has 0 aromatic carbocycles. The number of aliphatic hydroxyl groups is 3. The van der Waals surface area contributed by atoms with Crippen molar-refractivity contribution in [2.45, 2.75) is 50.3 Å². The molecule has 19 heavy (non-hydrogen) atoms.